The Morgan fingerprint density at radius 1 is 1.44 bits per heavy atom. The normalized spacial score (nSPS) is 17.4. The standard InChI is InChI=1S/C12H19N3O/c1-9-8-15(2)14-11(9)12(16)13-10-6-4-3-5-7-10/h8,10H,3-7H2,1-2H3,(H,13,16). The third-order valence-electron chi connectivity index (χ3n) is 3.17. The van der Waals surface area contributed by atoms with E-state index in [-0.39, 0.29) is 5.91 Å². The van der Waals surface area contributed by atoms with E-state index in [4.69, 9.17) is 0 Å². The maximum atomic E-state index is 12.0. The predicted octanol–water partition coefficient (Wildman–Crippen LogP) is 1.79. The van der Waals surface area contributed by atoms with E-state index in [1.165, 1.54) is 19.3 Å². The van der Waals surface area contributed by atoms with E-state index >= 15 is 0 Å². The molecule has 0 aliphatic heterocycles. The summed E-state index contributed by atoms with van der Waals surface area (Å²) in [6.45, 7) is 1.92. The molecular formula is C12H19N3O. The predicted molar refractivity (Wildman–Crippen MR) is 62.3 cm³/mol. The summed E-state index contributed by atoms with van der Waals surface area (Å²) in [4.78, 5) is 12.0. The molecular weight excluding hydrogens is 202 g/mol. The maximum Gasteiger partial charge on any atom is 0.272 e. The molecule has 2 rings (SSSR count). The van der Waals surface area contributed by atoms with Crippen LogP contribution in [-0.4, -0.2) is 21.7 Å². The Balaban J connectivity index is 1.99. The molecule has 1 amide bonds. The van der Waals surface area contributed by atoms with Crippen LogP contribution < -0.4 is 5.32 Å². The fourth-order valence-corrected chi connectivity index (χ4v) is 2.33. The molecule has 88 valence electrons. The molecule has 1 aromatic heterocycles. The summed E-state index contributed by atoms with van der Waals surface area (Å²) < 4.78 is 1.69. The highest BCUT2D eigenvalue weighted by Crippen LogP contribution is 2.18. The van der Waals surface area contributed by atoms with Crippen molar-refractivity contribution in [1.29, 1.82) is 0 Å². The summed E-state index contributed by atoms with van der Waals surface area (Å²) >= 11 is 0. The van der Waals surface area contributed by atoms with Gasteiger partial charge in [0.15, 0.2) is 5.69 Å². The summed E-state index contributed by atoms with van der Waals surface area (Å²) in [5, 5.41) is 7.25. The molecule has 1 heterocycles. The van der Waals surface area contributed by atoms with E-state index in [9.17, 15) is 4.79 Å². The first kappa shape index (κ1) is 11.2. The van der Waals surface area contributed by atoms with E-state index in [1.807, 2.05) is 20.2 Å². The molecule has 4 nitrogen and oxygen atoms in total. The van der Waals surface area contributed by atoms with Gasteiger partial charge in [0.25, 0.3) is 5.91 Å². The molecule has 1 aliphatic carbocycles. The number of amides is 1. The van der Waals surface area contributed by atoms with Crippen LogP contribution in [0.3, 0.4) is 0 Å². The average molecular weight is 221 g/mol. The van der Waals surface area contributed by atoms with Crippen LogP contribution in [0.25, 0.3) is 0 Å². The first-order valence-corrected chi connectivity index (χ1v) is 5.98. The lowest BCUT2D eigenvalue weighted by atomic mass is 9.95. The van der Waals surface area contributed by atoms with Gasteiger partial charge in [-0.1, -0.05) is 19.3 Å². The molecule has 0 aromatic carbocycles. The van der Waals surface area contributed by atoms with Crippen LogP contribution in [0.5, 0.6) is 0 Å². The van der Waals surface area contributed by atoms with Crippen molar-refractivity contribution in [3.63, 3.8) is 0 Å². The number of carbonyl (C=O) groups is 1. The van der Waals surface area contributed by atoms with E-state index in [0.717, 1.165) is 18.4 Å². The number of aromatic nitrogens is 2. The first-order chi connectivity index (χ1) is 7.66. The first-order valence-electron chi connectivity index (χ1n) is 5.98. The molecule has 0 radical (unpaired) electrons. The van der Waals surface area contributed by atoms with Gasteiger partial charge in [-0.25, -0.2) is 0 Å². The van der Waals surface area contributed by atoms with Gasteiger partial charge >= 0.3 is 0 Å². The molecule has 1 aliphatic rings. The average Bonchev–Trinajstić information content (AvgIpc) is 2.59. The van der Waals surface area contributed by atoms with Gasteiger partial charge in [-0.05, 0) is 19.8 Å². The van der Waals surface area contributed by atoms with Crippen molar-refractivity contribution in [3.05, 3.63) is 17.5 Å². The van der Waals surface area contributed by atoms with Crippen LogP contribution in [0.1, 0.15) is 48.2 Å². The van der Waals surface area contributed by atoms with Crippen molar-refractivity contribution in [2.24, 2.45) is 7.05 Å². The highest BCUT2D eigenvalue weighted by atomic mass is 16.2. The Labute approximate surface area is 96.0 Å². The lowest BCUT2D eigenvalue weighted by Gasteiger charge is -2.22. The summed E-state index contributed by atoms with van der Waals surface area (Å²) in [7, 11) is 1.84. The highest BCUT2D eigenvalue weighted by molar-refractivity contribution is 5.93. The van der Waals surface area contributed by atoms with Crippen molar-refractivity contribution in [1.82, 2.24) is 15.1 Å². The molecule has 0 unspecified atom stereocenters. The Hall–Kier alpha value is -1.32. The number of rotatable bonds is 2. The molecule has 1 N–H and O–H groups in total. The highest BCUT2D eigenvalue weighted by Gasteiger charge is 2.19. The van der Waals surface area contributed by atoms with Crippen molar-refractivity contribution in [3.8, 4) is 0 Å². The summed E-state index contributed by atoms with van der Waals surface area (Å²) in [5.41, 5.74) is 1.50. The number of carbonyl (C=O) groups excluding carboxylic acids is 1. The summed E-state index contributed by atoms with van der Waals surface area (Å²) in [5.74, 6) is -0.0231. The minimum Gasteiger partial charge on any atom is -0.348 e. The molecule has 1 saturated carbocycles. The van der Waals surface area contributed by atoms with E-state index in [0.29, 0.717) is 11.7 Å². The molecule has 1 aromatic rings. The zero-order valence-corrected chi connectivity index (χ0v) is 9.99. The van der Waals surface area contributed by atoms with Gasteiger partial charge in [0, 0.05) is 24.8 Å². The third-order valence-corrected chi connectivity index (χ3v) is 3.17. The largest absolute Gasteiger partial charge is 0.348 e. The van der Waals surface area contributed by atoms with E-state index in [1.54, 1.807) is 4.68 Å². The molecule has 0 spiro atoms. The Morgan fingerprint density at radius 2 is 2.12 bits per heavy atom. The lowest BCUT2D eigenvalue weighted by molar-refractivity contribution is 0.0921. The van der Waals surface area contributed by atoms with Crippen LogP contribution in [0.2, 0.25) is 0 Å². The van der Waals surface area contributed by atoms with Gasteiger partial charge in [0.2, 0.25) is 0 Å². The molecule has 16 heavy (non-hydrogen) atoms. The number of hydrogen-bond acceptors (Lipinski definition) is 2. The van der Waals surface area contributed by atoms with Crippen LogP contribution >= 0.6 is 0 Å². The minimum absolute atomic E-state index is 0.0231. The fraction of sp³-hybridized carbons (Fsp3) is 0.667. The van der Waals surface area contributed by atoms with Gasteiger partial charge in [-0.15, -0.1) is 0 Å². The van der Waals surface area contributed by atoms with Crippen LogP contribution in [-0.2, 0) is 7.05 Å². The van der Waals surface area contributed by atoms with Crippen LogP contribution in [0.15, 0.2) is 6.20 Å². The fourth-order valence-electron chi connectivity index (χ4n) is 2.33. The number of aryl methyl sites for hydroxylation is 2. The second kappa shape index (κ2) is 4.68. The van der Waals surface area contributed by atoms with Crippen molar-refractivity contribution in [2.75, 3.05) is 0 Å². The topological polar surface area (TPSA) is 46.9 Å². The van der Waals surface area contributed by atoms with Gasteiger partial charge in [0.1, 0.15) is 0 Å². The number of hydrogen-bond donors (Lipinski definition) is 1. The Morgan fingerprint density at radius 3 is 2.69 bits per heavy atom. The second-order valence-electron chi connectivity index (χ2n) is 4.64. The van der Waals surface area contributed by atoms with E-state index in [2.05, 4.69) is 10.4 Å². The smallest absolute Gasteiger partial charge is 0.272 e. The van der Waals surface area contributed by atoms with Crippen LogP contribution in [0.4, 0.5) is 0 Å². The summed E-state index contributed by atoms with van der Waals surface area (Å²) in [6, 6.07) is 0.350. The SMILES string of the molecule is Cc1cn(C)nc1C(=O)NC1CCCCC1. The van der Waals surface area contributed by atoms with Gasteiger partial charge in [-0.3, -0.25) is 9.48 Å². The van der Waals surface area contributed by atoms with E-state index < -0.39 is 0 Å². The van der Waals surface area contributed by atoms with Crippen molar-refractivity contribution < 1.29 is 4.79 Å². The van der Waals surface area contributed by atoms with Gasteiger partial charge < -0.3 is 5.32 Å². The minimum atomic E-state index is -0.0231. The molecule has 0 saturated heterocycles. The van der Waals surface area contributed by atoms with Crippen molar-refractivity contribution in [2.45, 2.75) is 45.1 Å². The Kier molecular flexibility index (Phi) is 3.27. The van der Waals surface area contributed by atoms with Gasteiger partial charge in [0.05, 0.1) is 0 Å². The third kappa shape index (κ3) is 2.43. The summed E-state index contributed by atoms with van der Waals surface area (Å²) in [6.07, 6.45) is 7.85. The Bertz CT molecular complexity index is 378. The molecule has 0 atom stereocenters. The monoisotopic (exact) mass is 221 g/mol. The zero-order valence-electron chi connectivity index (χ0n) is 9.99. The zero-order chi connectivity index (χ0) is 11.5. The quantitative estimate of drug-likeness (QED) is 0.827. The van der Waals surface area contributed by atoms with Crippen molar-refractivity contribution >= 4 is 5.91 Å². The second-order valence-corrected chi connectivity index (χ2v) is 4.64. The lowest BCUT2D eigenvalue weighted by Crippen LogP contribution is -2.36. The van der Waals surface area contributed by atoms with Crippen LogP contribution in [0, 0.1) is 6.92 Å². The molecule has 4 heteroatoms. The van der Waals surface area contributed by atoms with Gasteiger partial charge in [-0.2, -0.15) is 5.10 Å². The molecule has 0 bridgehead atoms. The molecule has 1 fully saturated rings. The number of nitrogens with one attached hydrogen (secondary N) is 1. The maximum absolute atomic E-state index is 12.0. The number of nitrogens with zero attached hydrogens (tertiary/aromatic N) is 2.